The lowest BCUT2D eigenvalue weighted by Crippen LogP contribution is -2.31. The molecule has 0 bridgehead atoms. The Hall–Kier alpha value is -5.66. The van der Waals surface area contributed by atoms with Crippen LogP contribution in [0.15, 0.2) is 182 Å². The molecule has 0 saturated carbocycles. The van der Waals surface area contributed by atoms with E-state index in [1.54, 1.807) is 0 Å². The number of hydrogen-bond acceptors (Lipinski definition) is 1. The second kappa shape index (κ2) is 13.4. The number of allylic oxidation sites excluding steroid dienone is 4. The van der Waals surface area contributed by atoms with Gasteiger partial charge in [0.05, 0.1) is 5.41 Å². The predicted molar refractivity (Wildman–Crippen MR) is 200 cm³/mol. The average molecular weight is 606 g/mol. The molecular weight excluding hydrogens is 567 g/mol. The summed E-state index contributed by atoms with van der Waals surface area (Å²) in [6.45, 7) is 4.35. The minimum absolute atomic E-state index is 0.405. The molecule has 0 aromatic heterocycles. The van der Waals surface area contributed by atoms with Crippen molar-refractivity contribution in [3.05, 3.63) is 226 Å². The van der Waals surface area contributed by atoms with Crippen LogP contribution in [0.4, 0.5) is 5.69 Å². The fraction of sp³-hybridized carbons (Fsp3) is 0.0870. The molecule has 1 heteroatoms. The van der Waals surface area contributed by atoms with Crippen LogP contribution in [0.5, 0.6) is 0 Å². The van der Waals surface area contributed by atoms with Gasteiger partial charge in [-0.25, -0.2) is 0 Å². The summed E-state index contributed by atoms with van der Waals surface area (Å²) in [4.78, 5) is 0. The van der Waals surface area contributed by atoms with Gasteiger partial charge < -0.3 is 5.32 Å². The van der Waals surface area contributed by atoms with Crippen molar-refractivity contribution in [2.24, 2.45) is 0 Å². The Bertz CT molecular complexity index is 2100. The van der Waals surface area contributed by atoms with E-state index in [1.165, 1.54) is 61.2 Å². The number of rotatable bonds is 4. The lowest BCUT2D eigenvalue weighted by Gasteiger charge is -2.36. The first-order valence-corrected chi connectivity index (χ1v) is 16.4. The number of para-hydroxylation sites is 1. The summed E-state index contributed by atoms with van der Waals surface area (Å²) in [7, 11) is 0. The Kier molecular flexibility index (Phi) is 8.54. The van der Waals surface area contributed by atoms with E-state index >= 15 is 0 Å². The molecule has 228 valence electrons. The molecule has 1 nitrogen and oxygen atoms in total. The zero-order valence-electron chi connectivity index (χ0n) is 27.0. The number of nitrogens with one attached hydrogen (secondary N) is 1. The van der Waals surface area contributed by atoms with Crippen molar-refractivity contribution in [2.45, 2.75) is 25.7 Å². The van der Waals surface area contributed by atoms with Crippen molar-refractivity contribution in [2.75, 3.05) is 5.32 Å². The van der Waals surface area contributed by atoms with Crippen LogP contribution in [0.3, 0.4) is 0 Å². The first-order valence-electron chi connectivity index (χ1n) is 16.4. The number of hydrogen-bond donors (Lipinski definition) is 1. The van der Waals surface area contributed by atoms with Gasteiger partial charge in [0.15, 0.2) is 0 Å². The molecule has 1 N–H and O–H groups in total. The number of aryl methyl sites for hydroxylation is 2. The third-order valence-electron chi connectivity index (χ3n) is 9.33. The van der Waals surface area contributed by atoms with E-state index in [0.717, 1.165) is 12.1 Å². The van der Waals surface area contributed by atoms with Crippen molar-refractivity contribution < 1.29 is 0 Å². The van der Waals surface area contributed by atoms with Gasteiger partial charge in [0.2, 0.25) is 0 Å². The summed E-state index contributed by atoms with van der Waals surface area (Å²) in [5.74, 6) is 0. The van der Waals surface area contributed by atoms with E-state index in [0.29, 0.717) is 0 Å². The van der Waals surface area contributed by atoms with E-state index in [2.05, 4.69) is 195 Å². The lowest BCUT2D eigenvalue weighted by atomic mass is 9.65. The molecule has 47 heavy (non-hydrogen) atoms. The maximum absolute atomic E-state index is 3.58. The molecule has 0 fully saturated rings. The molecule has 2 aliphatic carbocycles. The van der Waals surface area contributed by atoms with Crippen LogP contribution in [-0.2, 0) is 11.8 Å². The average Bonchev–Trinajstić information content (AvgIpc) is 3.39. The largest absolute Gasteiger partial charge is 0.361 e. The van der Waals surface area contributed by atoms with Crippen LogP contribution in [-0.4, -0.2) is 0 Å². The highest BCUT2D eigenvalue weighted by atomic mass is 14.8. The van der Waals surface area contributed by atoms with E-state index in [4.69, 9.17) is 0 Å². The third-order valence-corrected chi connectivity index (χ3v) is 9.33. The third kappa shape index (κ3) is 5.89. The van der Waals surface area contributed by atoms with Crippen LogP contribution in [0.1, 0.15) is 44.5 Å². The number of benzene rings is 6. The highest BCUT2D eigenvalue weighted by Crippen LogP contribution is 2.57. The Morgan fingerprint density at radius 1 is 0.553 bits per heavy atom. The van der Waals surface area contributed by atoms with Crippen LogP contribution >= 0.6 is 0 Å². The molecular formula is C46H39N. The highest BCUT2D eigenvalue weighted by molar-refractivity contribution is 5.88. The number of fused-ring (bicyclic) bond motifs is 7. The van der Waals surface area contributed by atoms with Gasteiger partial charge >= 0.3 is 0 Å². The molecule has 6 aromatic carbocycles. The Morgan fingerprint density at radius 3 is 2.00 bits per heavy atom. The second-order valence-corrected chi connectivity index (χ2v) is 12.3. The van der Waals surface area contributed by atoms with Gasteiger partial charge in [-0.1, -0.05) is 169 Å². The van der Waals surface area contributed by atoms with Gasteiger partial charge in [0.25, 0.3) is 0 Å². The van der Waals surface area contributed by atoms with Crippen LogP contribution < -0.4 is 5.32 Å². The van der Waals surface area contributed by atoms with Gasteiger partial charge in [-0.3, -0.25) is 0 Å². The summed E-state index contributed by atoms with van der Waals surface area (Å²) in [6.07, 6.45) is 12.0. The lowest BCUT2D eigenvalue weighted by molar-refractivity contribution is 0.762. The molecule has 1 spiro atoms. The minimum Gasteiger partial charge on any atom is -0.361 e. The van der Waals surface area contributed by atoms with Gasteiger partial charge in [0, 0.05) is 11.9 Å². The van der Waals surface area contributed by atoms with Crippen LogP contribution in [0.25, 0.3) is 17.2 Å². The summed E-state index contributed by atoms with van der Waals surface area (Å²) in [5.41, 5.74) is 15.2. The highest BCUT2D eigenvalue weighted by Gasteiger charge is 2.47. The van der Waals surface area contributed by atoms with Crippen molar-refractivity contribution in [1.82, 2.24) is 0 Å². The molecule has 8 rings (SSSR count). The van der Waals surface area contributed by atoms with Gasteiger partial charge in [-0.15, -0.1) is 0 Å². The Morgan fingerprint density at radius 2 is 1.19 bits per heavy atom. The number of anilines is 1. The summed E-state index contributed by atoms with van der Waals surface area (Å²) < 4.78 is 0. The van der Waals surface area contributed by atoms with E-state index in [-0.39, 0.29) is 0 Å². The van der Waals surface area contributed by atoms with Crippen molar-refractivity contribution >= 4 is 11.8 Å². The molecule has 0 radical (unpaired) electrons. The fourth-order valence-electron chi connectivity index (χ4n) is 7.05. The summed E-state index contributed by atoms with van der Waals surface area (Å²) in [6, 6.07) is 54.1. The molecule has 0 heterocycles. The Balaban J connectivity index is 0.000000210. The minimum atomic E-state index is -0.405. The molecule has 2 aliphatic rings. The zero-order valence-corrected chi connectivity index (χ0v) is 27.0. The standard InChI is InChI=1S/C32H25N.C14H14/c1-23-19-20-28-27-16-8-10-18-30(27)32(31(28)21-23)25(22-33-26-14-3-2-4-15-26)13-7-5-11-24-12-6-9-17-29(24)32;1-12-7-5-6-10-14(12)11-13-8-3-2-4-9-13/h2-22,33H,1H3;2-10H,11H2,1H3/b11-5-,13-7-,25-22-;. The van der Waals surface area contributed by atoms with E-state index in [9.17, 15) is 0 Å². The summed E-state index contributed by atoms with van der Waals surface area (Å²) in [5, 5.41) is 3.58. The van der Waals surface area contributed by atoms with Crippen LogP contribution in [0, 0.1) is 13.8 Å². The van der Waals surface area contributed by atoms with Crippen molar-refractivity contribution in [1.29, 1.82) is 0 Å². The van der Waals surface area contributed by atoms with Gasteiger partial charge in [-0.2, -0.15) is 0 Å². The van der Waals surface area contributed by atoms with Crippen LogP contribution in [0.2, 0.25) is 0 Å². The topological polar surface area (TPSA) is 12.0 Å². The summed E-state index contributed by atoms with van der Waals surface area (Å²) >= 11 is 0. The molecule has 1 unspecified atom stereocenters. The quantitative estimate of drug-likeness (QED) is 0.211. The van der Waals surface area contributed by atoms with Gasteiger partial charge in [0.1, 0.15) is 0 Å². The maximum atomic E-state index is 3.58. The molecule has 0 saturated heterocycles. The van der Waals surface area contributed by atoms with Crippen molar-refractivity contribution in [3.63, 3.8) is 0 Å². The smallest absolute Gasteiger partial charge is 0.0733 e. The fourth-order valence-corrected chi connectivity index (χ4v) is 7.05. The molecule has 6 aromatic rings. The molecule has 0 amide bonds. The predicted octanol–water partition coefficient (Wildman–Crippen LogP) is 11.5. The van der Waals surface area contributed by atoms with E-state index < -0.39 is 5.41 Å². The van der Waals surface area contributed by atoms with Gasteiger partial charge in [-0.05, 0) is 88.0 Å². The molecule has 1 atom stereocenters. The normalized spacial score (nSPS) is 17.7. The first kappa shape index (κ1) is 30.0. The maximum Gasteiger partial charge on any atom is 0.0733 e. The van der Waals surface area contributed by atoms with Crippen molar-refractivity contribution in [3.8, 4) is 11.1 Å². The SMILES string of the molecule is Cc1ccc2c(c1)C1(C(=C\Nc3ccccc3)/C=C\C=C/c3ccccc31)c1ccccc1-2.Cc1ccccc1Cc1ccccc1. The second-order valence-electron chi connectivity index (χ2n) is 12.3. The Labute approximate surface area is 279 Å². The van der Waals surface area contributed by atoms with E-state index in [1.807, 2.05) is 6.07 Å². The monoisotopic (exact) mass is 605 g/mol. The first-order chi connectivity index (χ1) is 23.1. The zero-order chi connectivity index (χ0) is 32.1. The molecule has 0 aliphatic heterocycles.